The van der Waals surface area contributed by atoms with Crippen LogP contribution in [0.1, 0.15) is 5.56 Å². The maximum atomic E-state index is 10.8. The van der Waals surface area contributed by atoms with Crippen molar-refractivity contribution in [1.82, 2.24) is 9.97 Å². The van der Waals surface area contributed by atoms with Crippen molar-refractivity contribution in [2.75, 3.05) is 5.32 Å². The number of nitro groups is 1. The number of thiophene rings is 1. The quantitative estimate of drug-likeness (QED) is 0.428. The van der Waals surface area contributed by atoms with Gasteiger partial charge in [-0.15, -0.1) is 11.3 Å². The molecule has 0 saturated heterocycles. The van der Waals surface area contributed by atoms with Gasteiger partial charge in [-0.2, -0.15) is 0 Å². The highest BCUT2D eigenvalue weighted by atomic mass is 32.1. The summed E-state index contributed by atoms with van der Waals surface area (Å²) in [5.74, 6) is 0.140. The molecule has 2 N–H and O–H groups in total. The molecular formula is C15H12N4O3S. The largest absolute Gasteiger partial charge is 0.506 e. The number of aryl methyl sites for hydroxylation is 1. The Morgan fingerprint density at radius 2 is 2.13 bits per heavy atom. The molecule has 3 aromatic rings. The minimum absolute atomic E-state index is 0.114. The molecule has 8 heteroatoms. The summed E-state index contributed by atoms with van der Waals surface area (Å²) in [4.78, 5) is 19.7. The lowest BCUT2D eigenvalue weighted by Crippen LogP contribution is -1.98. The molecule has 0 saturated carbocycles. The first-order valence-electron chi connectivity index (χ1n) is 6.66. The van der Waals surface area contributed by atoms with Gasteiger partial charge in [-0.05, 0) is 36.1 Å². The van der Waals surface area contributed by atoms with Gasteiger partial charge in [-0.25, -0.2) is 9.97 Å². The van der Waals surface area contributed by atoms with Crippen molar-refractivity contribution >= 4 is 28.7 Å². The highest BCUT2D eigenvalue weighted by Crippen LogP contribution is 2.30. The molecule has 0 spiro atoms. The average molecular weight is 328 g/mol. The molecule has 0 radical (unpaired) electrons. The number of hydrogen-bond acceptors (Lipinski definition) is 7. The third kappa shape index (κ3) is 3.27. The minimum Gasteiger partial charge on any atom is -0.506 e. The van der Waals surface area contributed by atoms with Crippen molar-refractivity contribution in [3.05, 3.63) is 57.6 Å². The second-order valence-corrected chi connectivity index (χ2v) is 5.75. The van der Waals surface area contributed by atoms with Crippen LogP contribution < -0.4 is 5.32 Å². The summed E-state index contributed by atoms with van der Waals surface area (Å²) in [6.45, 7) is 2.00. The zero-order valence-corrected chi connectivity index (χ0v) is 12.9. The summed E-state index contributed by atoms with van der Waals surface area (Å²) in [7, 11) is 0. The predicted molar refractivity (Wildman–Crippen MR) is 88.1 cm³/mol. The van der Waals surface area contributed by atoms with Crippen molar-refractivity contribution in [2.45, 2.75) is 6.92 Å². The third-order valence-corrected chi connectivity index (χ3v) is 4.15. The van der Waals surface area contributed by atoms with Gasteiger partial charge >= 0.3 is 0 Å². The van der Waals surface area contributed by atoms with Gasteiger partial charge in [0, 0.05) is 18.3 Å². The molecule has 116 valence electrons. The van der Waals surface area contributed by atoms with Gasteiger partial charge < -0.3 is 10.4 Å². The Kier molecular flexibility index (Phi) is 3.90. The van der Waals surface area contributed by atoms with E-state index in [2.05, 4.69) is 15.3 Å². The smallest absolute Gasteiger partial charge is 0.271 e. The van der Waals surface area contributed by atoms with Crippen LogP contribution in [-0.4, -0.2) is 20.0 Å². The molecule has 0 aliphatic heterocycles. The molecule has 0 atom stereocenters. The molecule has 0 amide bonds. The van der Waals surface area contributed by atoms with Crippen LogP contribution in [-0.2, 0) is 0 Å². The van der Waals surface area contributed by atoms with E-state index < -0.39 is 4.92 Å². The summed E-state index contributed by atoms with van der Waals surface area (Å²) in [5, 5.41) is 25.5. The first-order chi connectivity index (χ1) is 11.0. The van der Waals surface area contributed by atoms with E-state index in [9.17, 15) is 15.2 Å². The lowest BCUT2D eigenvalue weighted by atomic mass is 10.2. The summed E-state index contributed by atoms with van der Waals surface area (Å²) >= 11 is 1.57. The lowest BCUT2D eigenvalue weighted by Gasteiger charge is -2.07. The van der Waals surface area contributed by atoms with Crippen molar-refractivity contribution < 1.29 is 10.0 Å². The van der Waals surface area contributed by atoms with Gasteiger partial charge in [0.25, 0.3) is 5.69 Å². The standard InChI is InChI=1S/C15H12N4O3S/c1-9-6-14(23-8-9)11-4-5-16-15(17-11)18-12-7-10(19(21)22)2-3-13(12)20/h2-8,20H,1H3,(H,16,17,18). The van der Waals surface area contributed by atoms with E-state index in [-0.39, 0.29) is 23.1 Å². The van der Waals surface area contributed by atoms with Gasteiger partial charge in [0.2, 0.25) is 5.95 Å². The minimum atomic E-state index is -0.531. The third-order valence-electron chi connectivity index (χ3n) is 3.08. The molecule has 0 aliphatic rings. The zero-order chi connectivity index (χ0) is 16.4. The molecule has 1 aromatic carbocycles. The molecule has 0 unspecified atom stereocenters. The monoisotopic (exact) mass is 328 g/mol. The van der Waals surface area contributed by atoms with Gasteiger partial charge in [-0.3, -0.25) is 10.1 Å². The maximum absolute atomic E-state index is 10.8. The fraction of sp³-hybridized carbons (Fsp3) is 0.0667. The number of nitrogens with one attached hydrogen (secondary N) is 1. The summed E-state index contributed by atoms with van der Waals surface area (Å²) in [5.41, 5.74) is 1.94. The van der Waals surface area contributed by atoms with E-state index in [4.69, 9.17) is 0 Å². The predicted octanol–water partition coefficient (Wildman–Crippen LogP) is 3.87. The number of nitrogens with zero attached hydrogens (tertiary/aromatic N) is 3. The van der Waals surface area contributed by atoms with Crippen molar-refractivity contribution in [2.24, 2.45) is 0 Å². The number of aromatic hydroxyl groups is 1. The Morgan fingerprint density at radius 1 is 1.30 bits per heavy atom. The molecule has 0 fully saturated rings. The maximum Gasteiger partial charge on any atom is 0.271 e. The first-order valence-corrected chi connectivity index (χ1v) is 7.54. The normalized spacial score (nSPS) is 10.5. The Morgan fingerprint density at radius 3 is 2.83 bits per heavy atom. The second kappa shape index (κ2) is 6.01. The van der Waals surface area contributed by atoms with Crippen LogP contribution in [0.3, 0.4) is 0 Å². The Hall–Kier alpha value is -3.00. The number of nitro benzene ring substituents is 1. The number of phenolic OH excluding ortho intramolecular Hbond substituents is 1. The Bertz CT molecular complexity index is 879. The highest BCUT2D eigenvalue weighted by Gasteiger charge is 2.12. The summed E-state index contributed by atoms with van der Waals surface area (Å²) in [6, 6.07) is 7.52. The molecule has 2 heterocycles. The van der Waals surface area contributed by atoms with Gasteiger partial charge in [0.1, 0.15) is 5.75 Å². The molecule has 23 heavy (non-hydrogen) atoms. The van der Waals surface area contributed by atoms with Crippen molar-refractivity contribution in [3.8, 4) is 16.3 Å². The van der Waals surface area contributed by atoms with Crippen LogP contribution in [0.15, 0.2) is 41.9 Å². The molecule has 3 rings (SSSR count). The number of non-ortho nitro benzene ring substituents is 1. The number of hydrogen-bond donors (Lipinski definition) is 2. The number of aromatic nitrogens is 2. The number of benzene rings is 1. The van der Waals surface area contributed by atoms with Crippen LogP contribution in [0.4, 0.5) is 17.3 Å². The fourth-order valence-corrected chi connectivity index (χ4v) is 2.85. The van der Waals surface area contributed by atoms with E-state index >= 15 is 0 Å². The van der Waals surface area contributed by atoms with E-state index in [1.54, 1.807) is 23.6 Å². The highest BCUT2D eigenvalue weighted by molar-refractivity contribution is 7.13. The van der Waals surface area contributed by atoms with Gasteiger partial charge in [-0.1, -0.05) is 0 Å². The SMILES string of the molecule is Cc1csc(-c2ccnc(Nc3cc([N+](=O)[O-])ccc3O)n2)c1. The lowest BCUT2D eigenvalue weighted by molar-refractivity contribution is -0.384. The average Bonchev–Trinajstić information content (AvgIpc) is 2.96. The van der Waals surface area contributed by atoms with Gasteiger partial charge in [0.15, 0.2) is 0 Å². The van der Waals surface area contributed by atoms with Crippen LogP contribution in [0, 0.1) is 17.0 Å². The molecule has 7 nitrogen and oxygen atoms in total. The number of rotatable bonds is 4. The molecular weight excluding hydrogens is 316 g/mol. The van der Waals surface area contributed by atoms with Crippen LogP contribution in [0.25, 0.3) is 10.6 Å². The second-order valence-electron chi connectivity index (χ2n) is 4.84. The molecule has 0 aliphatic carbocycles. The van der Waals surface area contributed by atoms with Gasteiger partial charge in [0.05, 0.1) is 21.2 Å². The topological polar surface area (TPSA) is 101 Å². The molecule has 2 aromatic heterocycles. The molecule has 0 bridgehead atoms. The Balaban J connectivity index is 1.92. The van der Waals surface area contributed by atoms with E-state index in [0.29, 0.717) is 0 Å². The van der Waals surface area contributed by atoms with E-state index in [1.807, 2.05) is 18.4 Å². The van der Waals surface area contributed by atoms with E-state index in [0.717, 1.165) is 16.1 Å². The number of anilines is 2. The first kappa shape index (κ1) is 14.9. The summed E-state index contributed by atoms with van der Waals surface area (Å²) < 4.78 is 0. The Labute approximate surface area is 135 Å². The number of phenols is 1. The van der Waals surface area contributed by atoms with Crippen LogP contribution in [0.2, 0.25) is 0 Å². The van der Waals surface area contributed by atoms with E-state index in [1.165, 1.54) is 18.2 Å². The fourth-order valence-electron chi connectivity index (χ4n) is 1.98. The van der Waals surface area contributed by atoms with Crippen molar-refractivity contribution in [3.63, 3.8) is 0 Å². The summed E-state index contributed by atoms with van der Waals surface area (Å²) in [6.07, 6.45) is 1.59. The van der Waals surface area contributed by atoms with Crippen LogP contribution >= 0.6 is 11.3 Å². The van der Waals surface area contributed by atoms with Crippen LogP contribution in [0.5, 0.6) is 5.75 Å². The van der Waals surface area contributed by atoms with Crippen molar-refractivity contribution in [1.29, 1.82) is 0 Å². The zero-order valence-electron chi connectivity index (χ0n) is 12.1.